The van der Waals surface area contributed by atoms with Crippen molar-refractivity contribution in [3.05, 3.63) is 131 Å². The summed E-state index contributed by atoms with van der Waals surface area (Å²) < 4.78 is 11.9. The molecule has 0 aliphatic heterocycles. The minimum atomic E-state index is 0.304. The maximum Gasteiger partial charge on any atom is 0.127 e. The van der Waals surface area contributed by atoms with E-state index in [1.807, 2.05) is 30.3 Å². The second-order valence-electron chi connectivity index (χ2n) is 7.55. The van der Waals surface area contributed by atoms with Crippen LogP contribution >= 0.6 is 0 Å². The van der Waals surface area contributed by atoms with Crippen molar-refractivity contribution in [2.24, 2.45) is 0 Å². The monoisotopic (exact) mass is 407 g/mol. The van der Waals surface area contributed by atoms with Crippen LogP contribution in [0.2, 0.25) is 0 Å². The predicted octanol–water partition coefficient (Wildman–Crippen LogP) is 6.84. The highest BCUT2D eigenvalue weighted by atomic mass is 16.5. The van der Waals surface area contributed by atoms with Crippen molar-refractivity contribution >= 4 is 0 Å². The topological polar surface area (TPSA) is 18.5 Å². The molecule has 0 unspecified atom stereocenters. The second-order valence-corrected chi connectivity index (χ2v) is 7.55. The van der Waals surface area contributed by atoms with Crippen molar-refractivity contribution in [2.45, 2.75) is 25.4 Å². The fourth-order valence-corrected chi connectivity index (χ4v) is 3.97. The van der Waals surface area contributed by atoms with Crippen LogP contribution < -0.4 is 9.47 Å². The molecule has 0 aliphatic rings. The van der Waals surface area contributed by atoms with Crippen molar-refractivity contribution in [3.63, 3.8) is 0 Å². The van der Waals surface area contributed by atoms with Gasteiger partial charge < -0.3 is 9.47 Å². The molecule has 0 atom stereocenters. The first-order chi connectivity index (χ1) is 15.3. The smallest absolute Gasteiger partial charge is 0.127 e. The van der Waals surface area contributed by atoms with Crippen molar-refractivity contribution in [3.8, 4) is 11.5 Å². The third-order valence-electron chi connectivity index (χ3n) is 5.57. The fraction of sp³-hybridized carbons (Fsp3) is 0.172. The van der Waals surface area contributed by atoms with E-state index in [1.54, 1.807) is 7.11 Å². The van der Waals surface area contributed by atoms with Crippen LogP contribution in [-0.2, 0) is 13.0 Å². The van der Waals surface area contributed by atoms with E-state index >= 15 is 0 Å². The van der Waals surface area contributed by atoms with Crippen LogP contribution in [0.1, 0.15) is 34.6 Å². The number of benzene rings is 4. The van der Waals surface area contributed by atoms with E-state index in [0.717, 1.165) is 35.5 Å². The van der Waals surface area contributed by atoms with Gasteiger partial charge in [-0.15, -0.1) is 0 Å². The Balaban J connectivity index is 1.58. The molecular weight excluding hydrogens is 380 g/mol. The van der Waals surface area contributed by atoms with Gasteiger partial charge in [0.1, 0.15) is 18.1 Å². The standard InChI is InChI=1S/C29H27O2/c1-30-28-18-11-19-29(31-22-23-12-5-2-6-13-23)27(28)21-20-26(24-14-7-3-8-15-24)25-16-9-4-10-17-25/h2-10,12-19,26H,20-22H2,1H3. The van der Waals surface area contributed by atoms with Crippen LogP contribution in [0.5, 0.6) is 11.5 Å². The van der Waals surface area contributed by atoms with Gasteiger partial charge in [0.2, 0.25) is 0 Å². The highest BCUT2D eigenvalue weighted by Crippen LogP contribution is 2.35. The van der Waals surface area contributed by atoms with Gasteiger partial charge in [0.15, 0.2) is 0 Å². The van der Waals surface area contributed by atoms with E-state index in [1.165, 1.54) is 11.1 Å². The van der Waals surface area contributed by atoms with Crippen LogP contribution in [0.25, 0.3) is 0 Å². The Labute approximate surface area is 185 Å². The number of methoxy groups -OCH3 is 1. The molecule has 0 fully saturated rings. The summed E-state index contributed by atoms with van der Waals surface area (Å²) in [5.41, 5.74) is 4.88. The molecule has 2 heteroatoms. The van der Waals surface area contributed by atoms with Crippen molar-refractivity contribution in [1.82, 2.24) is 0 Å². The van der Waals surface area contributed by atoms with Gasteiger partial charge in [0.25, 0.3) is 0 Å². The average molecular weight is 408 g/mol. The summed E-state index contributed by atoms with van der Waals surface area (Å²) in [6.07, 6.45) is 1.80. The first-order valence-electron chi connectivity index (χ1n) is 10.7. The molecule has 0 amide bonds. The Kier molecular flexibility index (Phi) is 7.02. The SMILES string of the molecule is COc1c[c]cc(OCc2ccccc2)c1CCC(c1ccccc1)c1ccccc1. The molecule has 4 aromatic carbocycles. The molecule has 4 rings (SSSR count). The lowest BCUT2D eigenvalue weighted by Crippen LogP contribution is -2.06. The highest BCUT2D eigenvalue weighted by molar-refractivity contribution is 5.45. The zero-order valence-corrected chi connectivity index (χ0v) is 17.8. The lowest BCUT2D eigenvalue weighted by Gasteiger charge is -2.20. The summed E-state index contributed by atoms with van der Waals surface area (Å²) in [7, 11) is 1.71. The molecule has 0 aromatic heterocycles. The zero-order chi connectivity index (χ0) is 21.3. The highest BCUT2D eigenvalue weighted by Gasteiger charge is 2.17. The van der Waals surface area contributed by atoms with Gasteiger partial charge in [-0.05, 0) is 47.7 Å². The summed E-state index contributed by atoms with van der Waals surface area (Å²) in [5.74, 6) is 1.96. The van der Waals surface area contributed by atoms with Crippen molar-refractivity contribution < 1.29 is 9.47 Å². The normalized spacial score (nSPS) is 10.8. The van der Waals surface area contributed by atoms with Crippen LogP contribution in [0.4, 0.5) is 0 Å². The largest absolute Gasteiger partial charge is 0.496 e. The van der Waals surface area contributed by atoms with Gasteiger partial charge >= 0.3 is 0 Å². The molecule has 155 valence electrons. The third kappa shape index (κ3) is 5.35. The van der Waals surface area contributed by atoms with Gasteiger partial charge in [0.05, 0.1) is 7.11 Å². The molecule has 0 bridgehead atoms. The van der Waals surface area contributed by atoms with Gasteiger partial charge in [-0.25, -0.2) is 0 Å². The number of rotatable bonds is 9. The lowest BCUT2D eigenvalue weighted by atomic mass is 9.86. The molecule has 0 saturated heterocycles. The second kappa shape index (κ2) is 10.5. The average Bonchev–Trinajstić information content (AvgIpc) is 2.85. The molecule has 2 nitrogen and oxygen atoms in total. The minimum Gasteiger partial charge on any atom is -0.496 e. The summed E-state index contributed by atoms with van der Waals surface area (Å²) in [6.45, 7) is 0.523. The van der Waals surface area contributed by atoms with E-state index in [9.17, 15) is 0 Å². The zero-order valence-electron chi connectivity index (χ0n) is 17.8. The maximum atomic E-state index is 6.20. The first-order valence-corrected chi connectivity index (χ1v) is 10.7. The Hall–Kier alpha value is -3.52. The third-order valence-corrected chi connectivity index (χ3v) is 5.57. The van der Waals surface area contributed by atoms with E-state index < -0.39 is 0 Å². The molecule has 0 N–H and O–H groups in total. The molecule has 0 aliphatic carbocycles. The molecule has 31 heavy (non-hydrogen) atoms. The van der Waals surface area contributed by atoms with E-state index in [0.29, 0.717) is 12.5 Å². The summed E-state index contributed by atoms with van der Waals surface area (Å²) in [4.78, 5) is 0. The number of hydrogen-bond acceptors (Lipinski definition) is 2. The Morgan fingerprint density at radius 2 is 1.26 bits per heavy atom. The van der Waals surface area contributed by atoms with E-state index in [2.05, 4.69) is 78.9 Å². The molecule has 0 saturated carbocycles. The molecular formula is C29H27O2. The summed E-state index contributed by atoms with van der Waals surface area (Å²) in [6, 6.07) is 38.6. The van der Waals surface area contributed by atoms with Crippen molar-refractivity contribution in [2.75, 3.05) is 7.11 Å². The quantitative estimate of drug-likeness (QED) is 0.302. The maximum absolute atomic E-state index is 6.20. The molecule has 1 radical (unpaired) electrons. The number of ether oxygens (including phenoxy) is 2. The van der Waals surface area contributed by atoms with Crippen LogP contribution in [0.15, 0.2) is 103 Å². The summed E-state index contributed by atoms with van der Waals surface area (Å²) in [5, 5.41) is 0. The number of hydrogen-bond donors (Lipinski definition) is 0. The Morgan fingerprint density at radius 1 is 0.710 bits per heavy atom. The van der Waals surface area contributed by atoms with Gasteiger partial charge in [-0.1, -0.05) is 91.0 Å². The van der Waals surface area contributed by atoms with Crippen LogP contribution in [0.3, 0.4) is 0 Å². The van der Waals surface area contributed by atoms with Gasteiger partial charge in [0, 0.05) is 11.5 Å². The lowest BCUT2D eigenvalue weighted by molar-refractivity contribution is 0.299. The molecule has 0 heterocycles. The molecule has 4 aromatic rings. The summed E-state index contributed by atoms with van der Waals surface area (Å²) >= 11 is 0. The first kappa shape index (κ1) is 20.7. The van der Waals surface area contributed by atoms with Crippen molar-refractivity contribution in [1.29, 1.82) is 0 Å². The molecule has 0 spiro atoms. The Morgan fingerprint density at radius 3 is 1.84 bits per heavy atom. The van der Waals surface area contributed by atoms with Gasteiger partial charge in [-0.2, -0.15) is 0 Å². The predicted molar refractivity (Wildman–Crippen MR) is 126 cm³/mol. The van der Waals surface area contributed by atoms with Crippen LogP contribution in [0, 0.1) is 6.07 Å². The Bertz CT molecular complexity index is 1020. The van der Waals surface area contributed by atoms with E-state index in [-0.39, 0.29) is 0 Å². The minimum absolute atomic E-state index is 0.304. The fourth-order valence-electron chi connectivity index (χ4n) is 3.97. The van der Waals surface area contributed by atoms with Gasteiger partial charge in [-0.3, -0.25) is 0 Å². The van der Waals surface area contributed by atoms with Crippen LogP contribution in [-0.4, -0.2) is 7.11 Å². The van der Waals surface area contributed by atoms with E-state index in [4.69, 9.17) is 9.47 Å².